The molecule has 0 saturated carbocycles. The Morgan fingerprint density at radius 2 is 1.77 bits per heavy atom. The lowest BCUT2D eigenvalue weighted by Crippen LogP contribution is -2.43. The van der Waals surface area contributed by atoms with Crippen LogP contribution in [0.5, 0.6) is 0 Å². The maximum Gasteiger partial charge on any atom is 0.191 e. The second kappa shape index (κ2) is 14.0. The van der Waals surface area contributed by atoms with Crippen molar-refractivity contribution in [1.29, 1.82) is 0 Å². The summed E-state index contributed by atoms with van der Waals surface area (Å²) in [6, 6.07) is 0. The minimum atomic E-state index is 0. The predicted octanol–water partition coefficient (Wildman–Crippen LogP) is 3.01. The van der Waals surface area contributed by atoms with E-state index in [1.165, 1.54) is 64.8 Å². The van der Waals surface area contributed by atoms with Gasteiger partial charge in [-0.1, -0.05) is 20.3 Å². The Bertz CT molecular complexity index is 382. The van der Waals surface area contributed by atoms with Crippen molar-refractivity contribution in [3.8, 4) is 0 Å². The molecule has 0 aromatic rings. The van der Waals surface area contributed by atoms with Gasteiger partial charge in [-0.2, -0.15) is 0 Å². The summed E-state index contributed by atoms with van der Waals surface area (Å²) >= 11 is 0. The number of likely N-dealkylation sites (tertiary alicyclic amines) is 2. The van der Waals surface area contributed by atoms with Gasteiger partial charge in [-0.05, 0) is 64.1 Å². The van der Waals surface area contributed by atoms with Gasteiger partial charge in [0.15, 0.2) is 5.96 Å². The Hall–Kier alpha value is -0.0800. The summed E-state index contributed by atoms with van der Waals surface area (Å²) in [7, 11) is 0. The number of aliphatic imine (C=N–C) groups is 1. The Balaban J connectivity index is 0.00000338. The van der Waals surface area contributed by atoms with Crippen molar-refractivity contribution in [3.05, 3.63) is 0 Å². The van der Waals surface area contributed by atoms with Gasteiger partial charge in [0.05, 0.1) is 0 Å². The lowest BCUT2D eigenvalue weighted by molar-refractivity contribution is 0.162. The first-order chi connectivity index (χ1) is 12.2. The maximum atomic E-state index is 4.88. The molecule has 2 heterocycles. The topological polar surface area (TPSA) is 42.9 Å². The van der Waals surface area contributed by atoms with Crippen molar-refractivity contribution in [2.24, 2.45) is 16.8 Å². The van der Waals surface area contributed by atoms with E-state index in [0.717, 1.165) is 38.1 Å². The molecule has 2 fully saturated rings. The molecule has 2 saturated heterocycles. The van der Waals surface area contributed by atoms with Gasteiger partial charge in [0.25, 0.3) is 0 Å². The molecule has 1 unspecified atom stereocenters. The smallest absolute Gasteiger partial charge is 0.191 e. The molecule has 2 aliphatic heterocycles. The van der Waals surface area contributed by atoms with Crippen LogP contribution in [0.4, 0.5) is 0 Å². The van der Waals surface area contributed by atoms with Crippen LogP contribution in [0.15, 0.2) is 4.99 Å². The SMILES string of the molecule is CCNC(=NCC1CCCN(CC(C)C)C1)NCCN1CCCCC1.I. The number of halogens is 1. The number of piperidine rings is 2. The van der Waals surface area contributed by atoms with Crippen molar-refractivity contribution in [3.63, 3.8) is 0 Å². The van der Waals surface area contributed by atoms with Gasteiger partial charge in [-0.25, -0.2) is 0 Å². The third kappa shape index (κ3) is 9.74. The third-order valence-corrected chi connectivity index (χ3v) is 5.25. The van der Waals surface area contributed by atoms with Gasteiger partial charge in [-0.3, -0.25) is 4.99 Å². The van der Waals surface area contributed by atoms with E-state index in [4.69, 9.17) is 4.99 Å². The van der Waals surface area contributed by atoms with Crippen molar-refractivity contribution in [2.75, 3.05) is 58.9 Å². The molecule has 5 nitrogen and oxygen atoms in total. The number of rotatable bonds is 8. The molecule has 0 aromatic carbocycles. The average molecular weight is 479 g/mol. The van der Waals surface area contributed by atoms with E-state index < -0.39 is 0 Å². The van der Waals surface area contributed by atoms with E-state index >= 15 is 0 Å². The van der Waals surface area contributed by atoms with Crippen LogP contribution < -0.4 is 10.6 Å². The molecule has 0 bridgehead atoms. The molecule has 2 rings (SSSR count). The first-order valence-corrected chi connectivity index (χ1v) is 10.6. The minimum Gasteiger partial charge on any atom is -0.357 e. The molecule has 0 radical (unpaired) electrons. The summed E-state index contributed by atoms with van der Waals surface area (Å²) in [6.07, 6.45) is 6.78. The van der Waals surface area contributed by atoms with E-state index in [-0.39, 0.29) is 24.0 Å². The van der Waals surface area contributed by atoms with E-state index in [1.54, 1.807) is 0 Å². The van der Waals surface area contributed by atoms with Crippen molar-refractivity contribution in [2.45, 2.75) is 52.9 Å². The molecule has 0 aliphatic carbocycles. The fraction of sp³-hybridized carbons (Fsp3) is 0.950. The second-order valence-corrected chi connectivity index (χ2v) is 8.21. The van der Waals surface area contributed by atoms with Gasteiger partial charge in [0.1, 0.15) is 0 Å². The van der Waals surface area contributed by atoms with E-state index in [0.29, 0.717) is 5.92 Å². The monoisotopic (exact) mass is 479 g/mol. The number of guanidine groups is 1. The Morgan fingerprint density at radius 1 is 1.04 bits per heavy atom. The molecular formula is C20H42IN5. The highest BCUT2D eigenvalue weighted by molar-refractivity contribution is 14.0. The third-order valence-electron chi connectivity index (χ3n) is 5.25. The van der Waals surface area contributed by atoms with Crippen LogP contribution in [0.1, 0.15) is 52.9 Å². The van der Waals surface area contributed by atoms with Gasteiger partial charge in [0, 0.05) is 39.3 Å². The summed E-state index contributed by atoms with van der Waals surface area (Å²) in [5, 5.41) is 6.94. The van der Waals surface area contributed by atoms with Crippen LogP contribution in [0, 0.1) is 11.8 Å². The van der Waals surface area contributed by atoms with Crippen LogP contribution >= 0.6 is 24.0 Å². The summed E-state index contributed by atoms with van der Waals surface area (Å²) in [5.74, 6) is 2.47. The zero-order chi connectivity index (χ0) is 17.9. The molecule has 1 atom stereocenters. The molecule has 0 spiro atoms. The number of nitrogens with zero attached hydrogens (tertiary/aromatic N) is 3. The van der Waals surface area contributed by atoms with Crippen LogP contribution in [-0.2, 0) is 0 Å². The lowest BCUT2D eigenvalue weighted by atomic mass is 9.97. The summed E-state index contributed by atoms with van der Waals surface area (Å²) in [4.78, 5) is 10.1. The summed E-state index contributed by atoms with van der Waals surface area (Å²) < 4.78 is 0. The van der Waals surface area contributed by atoms with Crippen LogP contribution in [0.3, 0.4) is 0 Å². The molecule has 26 heavy (non-hydrogen) atoms. The van der Waals surface area contributed by atoms with Crippen LogP contribution in [0.25, 0.3) is 0 Å². The fourth-order valence-corrected chi connectivity index (χ4v) is 4.06. The zero-order valence-corrected chi connectivity index (χ0v) is 19.6. The second-order valence-electron chi connectivity index (χ2n) is 8.21. The van der Waals surface area contributed by atoms with Crippen LogP contribution in [-0.4, -0.2) is 74.7 Å². The highest BCUT2D eigenvalue weighted by atomic mass is 127. The van der Waals surface area contributed by atoms with Crippen LogP contribution in [0.2, 0.25) is 0 Å². The molecule has 6 heteroatoms. The molecule has 2 aliphatic rings. The molecule has 2 N–H and O–H groups in total. The molecule has 0 amide bonds. The van der Waals surface area contributed by atoms with Gasteiger partial charge in [0.2, 0.25) is 0 Å². The van der Waals surface area contributed by atoms with Crippen molar-refractivity contribution in [1.82, 2.24) is 20.4 Å². The lowest BCUT2D eigenvalue weighted by Gasteiger charge is -2.33. The van der Waals surface area contributed by atoms with E-state index in [2.05, 4.69) is 41.2 Å². The predicted molar refractivity (Wildman–Crippen MR) is 124 cm³/mol. The van der Waals surface area contributed by atoms with Gasteiger partial charge >= 0.3 is 0 Å². The standard InChI is InChI=1S/C20H41N5.HI/c1-4-21-20(22-10-14-24-11-6-5-7-12-24)23-15-19-9-8-13-25(17-19)16-18(2)3;/h18-19H,4-17H2,1-3H3,(H2,21,22,23);1H. The first kappa shape index (κ1) is 24.0. The highest BCUT2D eigenvalue weighted by Gasteiger charge is 2.20. The zero-order valence-electron chi connectivity index (χ0n) is 17.3. The Morgan fingerprint density at radius 3 is 2.46 bits per heavy atom. The van der Waals surface area contributed by atoms with Crippen molar-refractivity contribution >= 4 is 29.9 Å². The fourth-order valence-electron chi connectivity index (χ4n) is 4.06. The average Bonchev–Trinajstić information content (AvgIpc) is 2.60. The molecule has 0 aromatic heterocycles. The maximum absolute atomic E-state index is 4.88. The van der Waals surface area contributed by atoms with E-state index in [9.17, 15) is 0 Å². The van der Waals surface area contributed by atoms with Crippen molar-refractivity contribution < 1.29 is 0 Å². The Kier molecular flexibility index (Phi) is 12.9. The highest BCUT2D eigenvalue weighted by Crippen LogP contribution is 2.17. The van der Waals surface area contributed by atoms with Gasteiger partial charge < -0.3 is 20.4 Å². The summed E-state index contributed by atoms with van der Waals surface area (Å²) in [5.41, 5.74) is 0. The number of hydrogen-bond acceptors (Lipinski definition) is 3. The number of nitrogens with one attached hydrogen (secondary N) is 2. The summed E-state index contributed by atoms with van der Waals surface area (Å²) in [6.45, 7) is 17.0. The quantitative estimate of drug-likeness (QED) is 0.319. The number of hydrogen-bond donors (Lipinski definition) is 2. The molecular weight excluding hydrogens is 437 g/mol. The van der Waals surface area contributed by atoms with Gasteiger partial charge in [-0.15, -0.1) is 24.0 Å². The normalized spacial score (nSPS) is 22.9. The largest absolute Gasteiger partial charge is 0.357 e. The molecule has 154 valence electrons. The minimum absolute atomic E-state index is 0. The van der Waals surface area contributed by atoms with E-state index in [1.807, 2.05) is 0 Å². The first-order valence-electron chi connectivity index (χ1n) is 10.6. The Labute approximate surface area is 178 Å².